The van der Waals surface area contributed by atoms with E-state index in [1.807, 2.05) is 13.8 Å². The second-order valence-electron chi connectivity index (χ2n) is 8.79. The number of halogens is 2. The average Bonchev–Trinajstić information content (AvgIpc) is 3.09. The molecule has 1 saturated heterocycles. The van der Waals surface area contributed by atoms with Crippen LogP contribution in [-0.4, -0.2) is 41.3 Å². The van der Waals surface area contributed by atoms with Crippen LogP contribution in [0.15, 0.2) is 34.2 Å². The van der Waals surface area contributed by atoms with Gasteiger partial charge in [-0.2, -0.15) is 4.31 Å². The van der Waals surface area contributed by atoms with E-state index in [1.54, 1.807) is 6.92 Å². The van der Waals surface area contributed by atoms with E-state index in [2.05, 4.69) is 10.3 Å². The number of carbonyl (C=O) groups is 1. The van der Waals surface area contributed by atoms with E-state index in [9.17, 15) is 22.4 Å². The Labute approximate surface area is 205 Å². The number of anilines is 1. The predicted octanol–water partition coefficient (Wildman–Crippen LogP) is 3.86. The third-order valence-electron chi connectivity index (χ3n) is 5.75. The Morgan fingerprint density at radius 3 is 2.62 bits per heavy atom. The lowest BCUT2D eigenvalue weighted by Crippen LogP contribution is -2.42. The molecule has 3 heterocycles. The third-order valence-corrected chi connectivity index (χ3v) is 9.21. The van der Waals surface area contributed by atoms with Crippen LogP contribution in [0.25, 0.3) is 10.2 Å². The second kappa shape index (κ2) is 9.37. The number of benzene rings is 1. The molecule has 0 spiro atoms. The molecule has 1 fully saturated rings. The molecule has 3 aromatic rings. The number of piperidine rings is 1. The van der Waals surface area contributed by atoms with Gasteiger partial charge in [0.25, 0.3) is 5.56 Å². The fourth-order valence-electron chi connectivity index (χ4n) is 4.40. The highest BCUT2D eigenvalue weighted by Crippen LogP contribution is 2.35. The van der Waals surface area contributed by atoms with Crippen molar-refractivity contribution in [2.24, 2.45) is 11.8 Å². The van der Waals surface area contributed by atoms with Gasteiger partial charge in [-0.3, -0.25) is 14.2 Å². The summed E-state index contributed by atoms with van der Waals surface area (Å²) in [6.07, 6.45) is 2.16. The molecule has 1 aromatic carbocycles. The summed E-state index contributed by atoms with van der Waals surface area (Å²) in [6, 6.07) is 3.52. The van der Waals surface area contributed by atoms with Gasteiger partial charge in [0.2, 0.25) is 15.9 Å². The number of hydrogen-bond acceptors (Lipinski definition) is 6. The quantitative estimate of drug-likeness (QED) is 0.544. The molecule has 34 heavy (non-hydrogen) atoms. The molecule has 0 aliphatic carbocycles. The second-order valence-corrected chi connectivity index (χ2v) is 12.3. The van der Waals surface area contributed by atoms with Crippen LogP contribution in [0.4, 0.5) is 10.1 Å². The number of nitrogens with one attached hydrogen (secondary N) is 1. The molecule has 4 rings (SSSR count). The van der Waals surface area contributed by atoms with Crippen LogP contribution in [0.1, 0.15) is 25.1 Å². The number of hydrogen-bond donors (Lipinski definition) is 1. The van der Waals surface area contributed by atoms with Crippen molar-refractivity contribution in [2.75, 3.05) is 18.4 Å². The summed E-state index contributed by atoms with van der Waals surface area (Å²) in [4.78, 5) is 30.8. The van der Waals surface area contributed by atoms with Crippen molar-refractivity contribution in [3.8, 4) is 0 Å². The molecule has 2 atom stereocenters. The minimum atomic E-state index is -3.93. The Bertz CT molecular complexity index is 1430. The largest absolute Gasteiger partial charge is 0.323 e. The number of amides is 1. The van der Waals surface area contributed by atoms with Gasteiger partial charge in [-0.05, 0) is 43.4 Å². The fourth-order valence-corrected chi connectivity index (χ4v) is 7.96. The SMILES string of the molecule is Cc1sc2ncn(CC(=O)Nc3ccc(F)cc3Cl)c(=O)c2c1S(=O)(=O)N1C[C@H](C)C[C@@H](C)C1. The van der Waals surface area contributed by atoms with E-state index in [-0.39, 0.29) is 32.8 Å². The van der Waals surface area contributed by atoms with Crippen molar-refractivity contribution in [1.29, 1.82) is 0 Å². The number of sulfonamides is 1. The first-order valence-corrected chi connectivity index (χ1v) is 13.3. The molecule has 0 unspecified atom stereocenters. The van der Waals surface area contributed by atoms with Crippen molar-refractivity contribution in [3.05, 3.63) is 50.6 Å². The number of fused-ring (bicyclic) bond motifs is 1. The summed E-state index contributed by atoms with van der Waals surface area (Å²) in [7, 11) is -3.93. The standard InChI is InChI=1S/C22H24ClFN4O4S2/c1-12-6-13(2)9-28(8-12)34(31,32)20-14(3)33-21-19(20)22(30)27(11-25-21)10-18(29)26-17-5-4-15(24)7-16(17)23/h4-5,7,11-13H,6,8-10H2,1-3H3,(H,26,29)/t12-,13-/m1/s1. The third kappa shape index (κ3) is 4.74. The monoisotopic (exact) mass is 526 g/mol. The van der Waals surface area contributed by atoms with E-state index in [0.29, 0.717) is 22.8 Å². The zero-order valence-electron chi connectivity index (χ0n) is 18.8. The molecule has 0 bridgehead atoms. The molecule has 1 aliphatic rings. The maximum atomic E-state index is 13.6. The molecular weight excluding hydrogens is 503 g/mol. The Kier molecular flexibility index (Phi) is 6.83. The molecule has 8 nitrogen and oxygen atoms in total. The summed E-state index contributed by atoms with van der Waals surface area (Å²) < 4.78 is 42.9. The summed E-state index contributed by atoms with van der Waals surface area (Å²) in [5.41, 5.74) is -0.426. The summed E-state index contributed by atoms with van der Waals surface area (Å²) in [5.74, 6) is -0.722. The van der Waals surface area contributed by atoms with Crippen LogP contribution in [0.2, 0.25) is 5.02 Å². The van der Waals surface area contributed by atoms with Gasteiger partial charge in [-0.25, -0.2) is 17.8 Å². The summed E-state index contributed by atoms with van der Waals surface area (Å²) in [6.45, 7) is 6.04. The minimum absolute atomic E-state index is 0.0107. The van der Waals surface area contributed by atoms with Crippen LogP contribution < -0.4 is 10.9 Å². The number of carbonyl (C=O) groups excluding carboxylic acids is 1. The molecule has 0 radical (unpaired) electrons. The molecule has 1 N–H and O–H groups in total. The molecule has 1 aliphatic heterocycles. The zero-order chi connectivity index (χ0) is 24.8. The lowest BCUT2D eigenvalue weighted by molar-refractivity contribution is -0.116. The van der Waals surface area contributed by atoms with Crippen molar-refractivity contribution in [2.45, 2.75) is 38.6 Å². The normalized spacial score (nSPS) is 19.4. The van der Waals surface area contributed by atoms with Crippen LogP contribution in [0.5, 0.6) is 0 Å². The van der Waals surface area contributed by atoms with Gasteiger partial charge < -0.3 is 5.32 Å². The molecule has 182 valence electrons. The number of rotatable bonds is 5. The van der Waals surface area contributed by atoms with Crippen LogP contribution in [-0.2, 0) is 21.4 Å². The molecule has 0 saturated carbocycles. The first-order valence-electron chi connectivity index (χ1n) is 10.7. The van der Waals surface area contributed by atoms with E-state index in [0.717, 1.165) is 34.5 Å². The highest BCUT2D eigenvalue weighted by Gasteiger charge is 2.35. The minimum Gasteiger partial charge on any atom is -0.323 e. The van der Waals surface area contributed by atoms with Crippen molar-refractivity contribution >= 4 is 54.8 Å². The Balaban J connectivity index is 1.69. The van der Waals surface area contributed by atoms with Gasteiger partial charge in [0.1, 0.15) is 22.1 Å². The molecule has 2 aromatic heterocycles. The van der Waals surface area contributed by atoms with Crippen LogP contribution in [0, 0.1) is 24.6 Å². The van der Waals surface area contributed by atoms with Crippen molar-refractivity contribution < 1.29 is 17.6 Å². The van der Waals surface area contributed by atoms with Gasteiger partial charge in [-0.15, -0.1) is 11.3 Å². The highest BCUT2D eigenvalue weighted by molar-refractivity contribution is 7.89. The summed E-state index contributed by atoms with van der Waals surface area (Å²) in [5, 5.41) is 2.53. The Morgan fingerprint density at radius 1 is 1.29 bits per heavy atom. The topological polar surface area (TPSA) is 101 Å². The zero-order valence-corrected chi connectivity index (χ0v) is 21.2. The molecule has 12 heteroatoms. The van der Waals surface area contributed by atoms with E-state index in [1.165, 1.54) is 16.7 Å². The Morgan fingerprint density at radius 2 is 1.97 bits per heavy atom. The maximum absolute atomic E-state index is 13.6. The molecule has 1 amide bonds. The number of aromatic nitrogens is 2. The number of nitrogens with zero attached hydrogens (tertiary/aromatic N) is 3. The van der Waals surface area contributed by atoms with Gasteiger partial charge in [0.05, 0.1) is 22.4 Å². The first kappa shape index (κ1) is 24.8. The van der Waals surface area contributed by atoms with Crippen molar-refractivity contribution in [3.63, 3.8) is 0 Å². The van der Waals surface area contributed by atoms with E-state index < -0.39 is 33.9 Å². The first-order chi connectivity index (χ1) is 16.0. The number of aryl methyl sites for hydroxylation is 1. The van der Waals surface area contributed by atoms with Crippen LogP contribution in [0.3, 0.4) is 0 Å². The highest BCUT2D eigenvalue weighted by atomic mass is 35.5. The number of thiophene rings is 1. The van der Waals surface area contributed by atoms with Gasteiger partial charge in [0.15, 0.2) is 0 Å². The van der Waals surface area contributed by atoms with Crippen molar-refractivity contribution in [1.82, 2.24) is 13.9 Å². The smallest absolute Gasteiger partial charge is 0.263 e. The lowest BCUT2D eigenvalue weighted by atomic mass is 9.94. The maximum Gasteiger partial charge on any atom is 0.263 e. The van der Waals surface area contributed by atoms with Gasteiger partial charge in [0, 0.05) is 18.0 Å². The summed E-state index contributed by atoms with van der Waals surface area (Å²) >= 11 is 7.08. The average molecular weight is 527 g/mol. The predicted molar refractivity (Wildman–Crippen MR) is 130 cm³/mol. The van der Waals surface area contributed by atoms with Crippen LogP contribution >= 0.6 is 22.9 Å². The van der Waals surface area contributed by atoms with Gasteiger partial charge >= 0.3 is 0 Å². The van der Waals surface area contributed by atoms with E-state index in [4.69, 9.17) is 11.6 Å². The lowest BCUT2D eigenvalue weighted by Gasteiger charge is -2.34. The van der Waals surface area contributed by atoms with Gasteiger partial charge in [-0.1, -0.05) is 25.4 Å². The van der Waals surface area contributed by atoms with E-state index >= 15 is 0 Å². The molecular formula is C22H24ClFN4O4S2. The fraction of sp³-hybridized carbons (Fsp3) is 0.409. The Hall–Kier alpha value is -2.34.